The van der Waals surface area contributed by atoms with Crippen LogP contribution in [0.15, 0.2) is 109 Å². The summed E-state index contributed by atoms with van der Waals surface area (Å²) in [4.78, 5) is 38.1. The van der Waals surface area contributed by atoms with Crippen LogP contribution in [0.1, 0.15) is 239 Å². The molecule has 0 radical (unpaired) electrons. The first-order chi connectivity index (χ1) is 33.0. The fourth-order valence-electron chi connectivity index (χ4n) is 7.19. The van der Waals surface area contributed by atoms with E-state index in [1.54, 1.807) is 0 Å². The van der Waals surface area contributed by atoms with Crippen molar-refractivity contribution in [3.8, 4) is 0 Å². The van der Waals surface area contributed by atoms with Crippen molar-refractivity contribution in [1.82, 2.24) is 0 Å². The van der Waals surface area contributed by atoms with Gasteiger partial charge in [0.25, 0.3) is 0 Å². The summed E-state index contributed by atoms with van der Waals surface area (Å²) in [5.74, 6) is -1.01. The number of rotatable bonds is 48. The normalized spacial score (nSPS) is 12.9. The lowest BCUT2D eigenvalue weighted by molar-refractivity contribution is -0.167. The van der Waals surface area contributed by atoms with Crippen molar-refractivity contribution < 1.29 is 28.6 Å². The number of ether oxygens (including phenoxy) is 3. The van der Waals surface area contributed by atoms with Gasteiger partial charge in [-0.25, -0.2) is 0 Å². The first-order valence-electron chi connectivity index (χ1n) is 27.4. The standard InChI is InChI=1S/C61H100O6/c1-4-7-10-13-16-19-22-25-28-30-32-33-36-39-42-45-48-51-54-60(63)66-57-58(56-65-59(62)53-50-47-44-41-38-35-27-24-21-18-15-12-9-6-3)67-61(64)55-52-49-46-43-40-37-34-31-29-26-23-20-17-14-11-8-5-2/h8-9,11-12,17-18,20-21,26-27,29,32-35,37,43,46,58H,4-7,10,13-16,19,22-25,28,30-31,36,38-42,44-45,47-57H2,1-3H3/b11-8-,12-9-,20-17-,21-18-,29-26-,33-32-,35-27-,37-34-,46-43-. The highest BCUT2D eigenvalue weighted by Crippen LogP contribution is 2.13. The van der Waals surface area contributed by atoms with Crippen molar-refractivity contribution >= 4 is 17.9 Å². The molecule has 0 aliphatic heterocycles. The second kappa shape index (κ2) is 54.7. The Bertz CT molecular complexity index is 1390. The topological polar surface area (TPSA) is 78.9 Å². The zero-order chi connectivity index (χ0) is 48.6. The Morgan fingerprint density at radius 2 is 0.597 bits per heavy atom. The number of carbonyl (C=O) groups is 3. The maximum absolute atomic E-state index is 12.8. The second-order valence-corrected chi connectivity index (χ2v) is 17.7. The molecular formula is C61H100O6. The summed E-state index contributed by atoms with van der Waals surface area (Å²) in [6.45, 7) is 6.33. The molecule has 0 aromatic carbocycles. The maximum atomic E-state index is 12.8. The van der Waals surface area contributed by atoms with Gasteiger partial charge in [-0.1, -0.05) is 214 Å². The van der Waals surface area contributed by atoms with Gasteiger partial charge in [0.2, 0.25) is 0 Å². The van der Waals surface area contributed by atoms with E-state index < -0.39 is 6.10 Å². The van der Waals surface area contributed by atoms with Gasteiger partial charge in [0.15, 0.2) is 6.10 Å². The highest BCUT2D eigenvalue weighted by atomic mass is 16.6. The lowest BCUT2D eigenvalue weighted by atomic mass is 10.1. The molecule has 6 nitrogen and oxygen atoms in total. The van der Waals surface area contributed by atoms with E-state index in [-0.39, 0.29) is 37.5 Å². The van der Waals surface area contributed by atoms with Crippen LogP contribution in [-0.2, 0) is 28.6 Å². The summed E-state index contributed by atoms with van der Waals surface area (Å²) in [6, 6.07) is 0. The maximum Gasteiger partial charge on any atom is 0.306 e. The van der Waals surface area contributed by atoms with E-state index in [0.717, 1.165) is 122 Å². The molecule has 1 atom stereocenters. The Labute approximate surface area is 412 Å². The molecule has 0 heterocycles. The van der Waals surface area contributed by atoms with Gasteiger partial charge in [-0.15, -0.1) is 0 Å². The molecule has 6 heteroatoms. The van der Waals surface area contributed by atoms with Crippen molar-refractivity contribution in [1.29, 1.82) is 0 Å². The lowest BCUT2D eigenvalue weighted by Gasteiger charge is -2.18. The van der Waals surface area contributed by atoms with Crippen molar-refractivity contribution in [3.63, 3.8) is 0 Å². The third-order valence-corrected chi connectivity index (χ3v) is 11.2. The number of allylic oxidation sites excluding steroid dienone is 18. The number of unbranched alkanes of at least 4 members (excludes halogenated alkanes) is 19. The summed E-state index contributed by atoms with van der Waals surface area (Å²) in [6.07, 6.45) is 73.7. The Balaban J connectivity index is 4.52. The number of esters is 3. The van der Waals surface area contributed by atoms with Crippen molar-refractivity contribution in [2.24, 2.45) is 0 Å². The SMILES string of the molecule is CC/C=C\C/C=C\C/C=C\C/C=C\C/C=C\CCCC(=O)OC(COC(=O)CCCCCC/C=C\C/C=C\C/C=C\CC)COC(=O)CCCCCCC/C=C\CCCCCCCCCCC. The monoisotopic (exact) mass is 929 g/mol. The molecule has 0 amide bonds. The van der Waals surface area contributed by atoms with E-state index in [1.807, 2.05) is 0 Å². The van der Waals surface area contributed by atoms with E-state index >= 15 is 0 Å². The smallest absolute Gasteiger partial charge is 0.306 e. The molecule has 0 fully saturated rings. The lowest BCUT2D eigenvalue weighted by Crippen LogP contribution is -2.30. The molecule has 0 N–H and O–H groups in total. The number of hydrogen-bond acceptors (Lipinski definition) is 6. The van der Waals surface area contributed by atoms with Crippen LogP contribution >= 0.6 is 0 Å². The van der Waals surface area contributed by atoms with Gasteiger partial charge in [0, 0.05) is 19.3 Å². The molecule has 0 aliphatic rings. The van der Waals surface area contributed by atoms with Crippen LogP contribution in [0.5, 0.6) is 0 Å². The van der Waals surface area contributed by atoms with Gasteiger partial charge in [-0.3, -0.25) is 14.4 Å². The third kappa shape index (κ3) is 52.9. The summed E-state index contributed by atoms with van der Waals surface area (Å²) < 4.78 is 16.8. The van der Waals surface area contributed by atoms with E-state index in [0.29, 0.717) is 19.3 Å². The van der Waals surface area contributed by atoms with Crippen LogP contribution < -0.4 is 0 Å². The summed E-state index contributed by atoms with van der Waals surface area (Å²) >= 11 is 0. The van der Waals surface area contributed by atoms with Crippen LogP contribution in [0.4, 0.5) is 0 Å². The summed E-state index contributed by atoms with van der Waals surface area (Å²) in [7, 11) is 0. The molecule has 0 rings (SSSR count). The van der Waals surface area contributed by atoms with Crippen LogP contribution in [-0.4, -0.2) is 37.2 Å². The van der Waals surface area contributed by atoms with Gasteiger partial charge in [0.05, 0.1) is 0 Å². The second-order valence-electron chi connectivity index (χ2n) is 17.7. The van der Waals surface area contributed by atoms with Gasteiger partial charge in [-0.2, -0.15) is 0 Å². The predicted molar refractivity (Wildman–Crippen MR) is 288 cm³/mol. The van der Waals surface area contributed by atoms with Gasteiger partial charge < -0.3 is 14.2 Å². The molecule has 1 unspecified atom stereocenters. The summed E-state index contributed by atoms with van der Waals surface area (Å²) in [5, 5.41) is 0. The molecule has 0 spiro atoms. The Morgan fingerprint density at radius 3 is 0.970 bits per heavy atom. The molecule has 67 heavy (non-hydrogen) atoms. The molecule has 380 valence electrons. The fourth-order valence-corrected chi connectivity index (χ4v) is 7.19. The minimum Gasteiger partial charge on any atom is -0.462 e. The molecule has 0 saturated heterocycles. The number of carbonyl (C=O) groups excluding carboxylic acids is 3. The highest BCUT2D eigenvalue weighted by Gasteiger charge is 2.19. The van der Waals surface area contributed by atoms with Gasteiger partial charge in [-0.05, 0) is 116 Å². The zero-order valence-corrected chi connectivity index (χ0v) is 43.4. The Morgan fingerprint density at radius 1 is 0.313 bits per heavy atom. The highest BCUT2D eigenvalue weighted by molar-refractivity contribution is 5.71. The van der Waals surface area contributed by atoms with Crippen LogP contribution in [0.2, 0.25) is 0 Å². The van der Waals surface area contributed by atoms with E-state index in [1.165, 1.54) is 70.6 Å². The Kier molecular flexibility index (Phi) is 51.5. The quantitative estimate of drug-likeness (QED) is 0.0262. The van der Waals surface area contributed by atoms with Crippen molar-refractivity contribution in [2.75, 3.05) is 13.2 Å². The molecule has 0 saturated carbocycles. The van der Waals surface area contributed by atoms with Crippen LogP contribution in [0.25, 0.3) is 0 Å². The molecule has 0 aliphatic carbocycles. The average molecular weight is 929 g/mol. The minimum atomic E-state index is -0.822. The first kappa shape index (κ1) is 63.1. The predicted octanol–water partition coefficient (Wildman–Crippen LogP) is 18.3. The summed E-state index contributed by atoms with van der Waals surface area (Å²) in [5.41, 5.74) is 0. The van der Waals surface area contributed by atoms with E-state index in [4.69, 9.17) is 14.2 Å². The molecule has 0 aromatic heterocycles. The van der Waals surface area contributed by atoms with Crippen LogP contribution in [0.3, 0.4) is 0 Å². The van der Waals surface area contributed by atoms with Gasteiger partial charge in [0.1, 0.15) is 13.2 Å². The van der Waals surface area contributed by atoms with Gasteiger partial charge >= 0.3 is 17.9 Å². The fraction of sp³-hybridized carbons (Fsp3) is 0.656. The first-order valence-corrected chi connectivity index (χ1v) is 27.4. The average Bonchev–Trinajstić information content (AvgIpc) is 3.33. The molecular weight excluding hydrogens is 829 g/mol. The van der Waals surface area contributed by atoms with E-state index in [2.05, 4.69) is 130 Å². The number of hydrogen-bond donors (Lipinski definition) is 0. The largest absolute Gasteiger partial charge is 0.462 e. The molecule has 0 bridgehead atoms. The molecule has 0 aromatic rings. The van der Waals surface area contributed by atoms with E-state index in [9.17, 15) is 14.4 Å². The third-order valence-electron chi connectivity index (χ3n) is 11.2. The van der Waals surface area contributed by atoms with Crippen molar-refractivity contribution in [2.45, 2.75) is 245 Å². The zero-order valence-electron chi connectivity index (χ0n) is 43.4. The van der Waals surface area contributed by atoms with Crippen LogP contribution in [0, 0.1) is 0 Å². The van der Waals surface area contributed by atoms with Crippen molar-refractivity contribution in [3.05, 3.63) is 109 Å². The minimum absolute atomic E-state index is 0.114. The Hall–Kier alpha value is -3.93.